The number of furan rings is 1. The molecule has 7 heteroatoms. The zero-order valence-electron chi connectivity index (χ0n) is 15.8. The summed E-state index contributed by atoms with van der Waals surface area (Å²) in [5.41, 5.74) is 4.32. The molecular weight excluding hydrogens is 420 g/mol. The number of aryl methyl sites for hydroxylation is 1. The second kappa shape index (κ2) is 7.67. The fourth-order valence-electron chi connectivity index (χ4n) is 3.41. The Balaban J connectivity index is 1.68. The molecule has 0 radical (unpaired) electrons. The Morgan fingerprint density at radius 2 is 2.00 bits per heavy atom. The maximum Gasteiger partial charge on any atom is 0.270 e. The Hall–Kier alpha value is -2.80. The van der Waals surface area contributed by atoms with E-state index in [2.05, 4.69) is 33.2 Å². The standard InChI is InChI=1S/C21H21BrN4O2/c1-3-26-16(9-10-23-26)14-24(2)21(27)18-11-19-17(12-20(22)28-19)25(18)13-15-7-5-4-6-8-15/h4-12H,3,13-14H2,1-2H3. The van der Waals surface area contributed by atoms with Crippen LogP contribution in [0, 0.1) is 0 Å². The van der Waals surface area contributed by atoms with E-state index in [1.807, 2.05) is 59.6 Å². The fraction of sp³-hybridized carbons (Fsp3) is 0.238. The first-order valence-corrected chi connectivity index (χ1v) is 9.94. The molecular formula is C21H21BrN4O2. The van der Waals surface area contributed by atoms with Gasteiger partial charge in [-0.05, 0) is 34.5 Å². The highest BCUT2D eigenvalue weighted by Crippen LogP contribution is 2.28. The average molecular weight is 441 g/mol. The van der Waals surface area contributed by atoms with E-state index < -0.39 is 0 Å². The molecule has 144 valence electrons. The highest BCUT2D eigenvalue weighted by Gasteiger charge is 2.22. The van der Waals surface area contributed by atoms with Crippen molar-refractivity contribution in [3.05, 3.63) is 76.3 Å². The summed E-state index contributed by atoms with van der Waals surface area (Å²) in [4.78, 5) is 15.0. The lowest BCUT2D eigenvalue weighted by molar-refractivity contribution is 0.0771. The number of hydrogen-bond donors (Lipinski definition) is 0. The molecule has 0 N–H and O–H groups in total. The van der Waals surface area contributed by atoms with Crippen LogP contribution in [0.1, 0.15) is 28.7 Å². The molecule has 0 fully saturated rings. The highest BCUT2D eigenvalue weighted by molar-refractivity contribution is 9.10. The number of hydrogen-bond acceptors (Lipinski definition) is 3. The van der Waals surface area contributed by atoms with Gasteiger partial charge < -0.3 is 13.9 Å². The number of halogens is 1. The van der Waals surface area contributed by atoms with Crippen LogP contribution in [0.15, 0.2) is 63.8 Å². The van der Waals surface area contributed by atoms with E-state index in [0.29, 0.717) is 29.0 Å². The molecule has 0 aliphatic rings. The first kappa shape index (κ1) is 18.6. The van der Waals surface area contributed by atoms with Gasteiger partial charge in [0.15, 0.2) is 10.3 Å². The van der Waals surface area contributed by atoms with Crippen LogP contribution in [0.4, 0.5) is 0 Å². The number of aromatic nitrogens is 3. The van der Waals surface area contributed by atoms with Crippen LogP contribution in [0.25, 0.3) is 11.1 Å². The van der Waals surface area contributed by atoms with Gasteiger partial charge in [0.1, 0.15) is 5.69 Å². The molecule has 28 heavy (non-hydrogen) atoms. The molecule has 0 spiro atoms. The summed E-state index contributed by atoms with van der Waals surface area (Å²) >= 11 is 3.38. The summed E-state index contributed by atoms with van der Waals surface area (Å²) in [6.45, 7) is 3.90. The Morgan fingerprint density at radius 1 is 1.21 bits per heavy atom. The predicted octanol–water partition coefficient (Wildman–Crippen LogP) is 4.53. The van der Waals surface area contributed by atoms with Crippen molar-refractivity contribution in [1.29, 1.82) is 0 Å². The van der Waals surface area contributed by atoms with Crippen LogP contribution >= 0.6 is 15.9 Å². The van der Waals surface area contributed by atoms with E-state index in [4.69, 9.17) is 4.42 Å². The smallest absolute Gasteiger partial charge is 0.270 e. The maximum atomic E-state index is 13.3. The number of fused-ring (bicyclic) bond motifs is 1. The van der Waals surface area contributed by atoms with Gasteiger partial charge in [-0.2, -0.15) is 5.10 Å². The van der Waals surface area contributed by atoms with Crippen LogP contribution in [0.2, 0.25) is 0 Å². The summed E-state index contributed by atoms with van der Waals surface area (Å²) in [5.74, 6) is -0.0534. The van der Waals surface area contributed by atoms with Crippen molar-refractivity contribution in [2.45, 2.75) is 26.6 Å². The summed E-state index contributed by atoms with van der Waals surface area (Å²) in [5, 5.41) is 4.28. The van der Waals surface area contributed by atoms with Crippen LogP contribution in [-0.2, 0) is 19.6 Å². The molecule has 0 unspecified atom stereocenters. The molecule has 3 heterocycles. The molecule has 1 aromatic carbocycles. The zero-order valence-corrected chi connectivity index (χ0v) is 17.4. The van der Waals surface area contributed by atoms with Gasteiger partial charge in [0.25, 0.3) is 5.91 Å². The molecule has 3 aromatic heterocycles. The van der Waals surface area contributed by atoms with Crippen LogP contribution in [-0.4, -0.2) is 32.2 Å². The predicted molar refractivity (Wildman–Crippen MR) is 111 cm³/mol. The molecule has 0 saturated heterocycles. The number of benzene rings is 1. The number of nitrogens with zero attached hydrogens (tertiary/aromatic N) is 4. The van der Waals surface area contributed by atoms with Crippen molar-refractivity contribution in [1.82, 2.24) is 19.2 Å². The minimum Gasteiger partial charge on any atom is -0.448 e. The molecule has 1 amide bonds. The van der Waals surface area contributed by atoms with Gasteiger partial charge in [-0.1, -0.05) is 30.3 Å². The number of rotatable bonds is 6. The molecule has 0 saturated carbocycles. The second-order valence-corrected chi connectivity index (χ2v) is 7.48. The average Bonchev–Trinajstić information content (AvgIpc) is 3.37. The SMILES string of the molecule is CCn1nccc1CN(C)C(=O)c1cc2oc(Br)cc2n1Cc1ccccc1. The third-order valence-electron chi connectivity index (χ3n) is 4.81. The Morgan fingerprint density at radius 3 is 2.75 bits per heavy atom. The normalized spacial score (nSPS) is 11.2. The van der Waals surface area contributed by atoms with E-state index in [1.54, 1.807) is 11.1 Å². The van der Waals surface area contributed by atoms with Crippen LogP contribution < -0.4 is 0 Å². The van der Waals surface area contributed by atoms with Gasteiger partial charge in [0, 0.05) is 38.5 Å². The van der Waals surface area contributed by atoms with Crippen molar-refractivity contribution in [3.8, 4) is 0 Å². The summed E-state index contributed by atoms with van der Waals surface area (Å²) < 4.78 is 10.3. The monoisotopic (exact) mass is 440 g/mol. The lowest BCUT2D eigenvalue weighted by atomic mass is 10.2. The molecule has 0 bridgehead atoms. The van der Waals surface area contributed by atoms with Crippen LogP contribution in [0.3, 0.4) is 0 Å². The molecule has 0 aliphatic heterocycles. The third-order valence-corrected chi connectivity index (χ3v) is 5.20. The Labute approximate surface area is 171 Å². The zero-order chi connectivity index (χ0) is 19.7. The molecule has 0 atom stereocenters. The van der Waals surface area contributed by atoms with Crippen molar-refractivity contribution in [2.75, 3.05) is 7.05 Å². The second-order valence-electron chi connectivity index (χ2n) is 6.70. The van der Waals surface area contributed by atoms with Gasteiger partial charge in [0.05, 0.1) is 17.8 Å². The fourth-order valence-corrected chi connectivity index (χ4v) is 3.81. The highest BCUT2D eigenvalue weighted by atomic mass is 79.9. The van der Waals surface area contributed by atoms with E-state index in [1.165, 1.54) is 0 Å². The minimum absolute atomic E-state index is 0.0534. The van der Waals surface area contributed by atoms with Crippen molar-refractivity contribution in [2.24, 2.45) is 0 Å². The van der Waals surface area contributed by atoms with E-state index >= 15 is 0 Å². The third kappa shape index (κ3) is 3.49. The Kier molecular flexibility index (Phi) is 5.09. The van der Waals surface area contributed by atoms with Gasteiger partial charge in [-0.3, -0.25) is 9.48 Å². The number of carbonyl (C=O) groups is 1. The lowest BCUT2D eigenvalue weighted by Crippen LogP contribution is -2.29. The van der Waals surface area contributed by atoms with Gasteiger partial charge in [0.2, 0.25) is 0 Å². The minimum atomic E-state index is -0.0534. The first-order chi connectivity index (χ1) is 13.6. The van der Waals surface area contributed by atoms with Gasteiger partial charge in [-0.25, -0.2) is 0 Å². The Bertz CT molecular complexity index is 1110. The van der Waals surface area contributed by atoms with E-state index in [-0.39, 0.29) is 5.91 Å². The number of amides is 1. The van der Waals surface area contributed by atoms with E-state index in [9.17, 15) is 4.79 Å². The molecule has 0 aliphatic carbocycles. The number of carbonyl (C=O) groups excluding carboxylic acids is 1. The summed E-state index contributed by atoms with van der Waals surface area (Å²) in [6, 6.07) is 15.8. The molecule has 6 nitrogen and oxygen atoms in total. The largest absolute Gasteiger partial charge is 0.448 e. The molecule has 4 aromatic rings. The van der Waals surface area contributed by atoms with Crippen molar-refractivity contribution >= 4 is 32.9 Å². The first-order valence-electron chi connectivity index (χ1n) is 9.15. The summed E-state index contributed by atoms with van der Waals surface area (Å²) in [7, 11) is 1.81. The maximum absolute atomic E-state index is 13.3. The van der Waals surface area contributed by atoms with Crippen LogP contribution in [0.5, 0.6) is 0 Å². The molecule has 4 rings (SSSR count). The quantitative estimate of drug-likeness (QED) is 0.442. The van der Waals surface area contributed by atoms with Crippen molar-refractivity contribution in [3.63, 3.8) is 0 Å². The van der Waals surface area contributed by atoms with Gasteiger partial charge >= 0.3 is 0 Å². The summed E-state index contributed by atoms with van der Waals surface area (Å²) in [6.07, 6.45) is 1.76. The topological polar surface area (TPSA) is 56.2 Å². The van der Waals surface area contributed by atoms with Gasteiger partial charge in [-0.15, -0.1) is 0 Å². The van der Waals surface area contributed by atoms with Crippen molar-refractivity contribution < 1.29 is 9.21 Å². The lowest BCUT2D eigenvalue weighted by Gasteiger charge is -2.19. The van der Waals surface area contributed by atoms with E-state index in [0.717, 1.165) is 23.3 Å².